The van der Waals surface area contributed by atoms with Crippen LogP contribution >= 0.6 is 11.3 Å². The lowest BCUT2D eigenvalue weighted by Gasteiger charge is -2.12. The van der Waals surface area contributed by atoms with E-state index in [1.165, 1.54) is 11.3 Å². The summed E-state index contributed by atoms with van der Waals surface area (Å²) in [5.74, 6) is -0.315. The third kappa shape index (κ3) is 2.91. The van der Waals surface area contributed by atoms with Crippen LogP contribution < -0.4 is 0 Å². The van der Waals surface area contributed by atoms with E-state index in [1.54, 1.807) is 23.3 Å². The number of carbonyl (C=O) groups is 1. The molecule has 0 fully saturated rings. The molecular formula is C11H13N3O2S. The highest BCUT2D eigenvalue weighted by Crippen LogP contribution is 2.14. The molecular weight excluding hydrogens is 238 g/mol. The van der Waals surface area contributed by atoms with Crippen molar-refractivity contribution in [3.63, 3.8) is 0 Å². The number of thiazole rings is 1. The van der Waals surface area contributed by atoms with Crippen molar-refractivity contribution in [2.24, 2.45) is 0 Å². The molecule has 0 spiro atoms. The molecule has 5 nitrogen and oxygen atoms in total. The van der Waals surface area contributed by atoms with Crippen LogP contribution in [0.5, 0.6) is 0 Å². The predicted molar refractivity (Wildman–Crippen MR) is 64.0 cm³/mol. The summed E-state index contributed by atoms with van der Waals surface area (Å²) in [5, 5.41) is 4.06. The maximum Gasteiger partial charge on any atom is 0.350 e. The van der Waals surface area contributed by atoms with Gasteiger partial charge in [0.05, 0.1) is 17.7 Å². The highest BCUT2D eigenvalue weighted by atomic mass is 32.1. The number of ether oxygens (including phenoxy) is 1. The summed E-state index contributed by atoms with van der Waals surface area (Å²) in [4.78, 5) is 16.4. The molecule has 2 heterocycles. The maximum atomic E-state index is 11.8. The van der Waals surface area contributed by atoms with E-state index >= 15 is 0 Å². The minimum Gasteiger partial charge on any atom is -0.456 e. The van der Waals surface area contributed by atoms with E-state index in [0.29, 0.717) is 17.1 Å². The van der Waals surface area contributed by atoms with Crippen LogP contribution in [0.4, 0.5) is 0 Å². The summed E-state index contributed by atoms with van der Waals surface area (Å²) in [6, 6.07) is 1.84. The molecule has 0 aromatic carbocycles. The Hall–Kier alpha value is -1.69. The zero-order chi connectivity index (χ0) is 12.3. The maximum absolute atomic E-state index is 11.8. The first-order chi connectivity index (χ1) is 8.16. The second-order valence-electron chi connectivity index (χ2n) is 3.71. The van der Waals surface area contributed by atoms with Gasteiger partial charge in [-0.15, -0.1) is 11.3 Å². The number of aryl methyl sites for hydroxylation is 1. The first kappa shape index (κ1) is 11.8. The summed E-state index contributed by atoms with van der Waals surface area (Å²) < 4.78 is 7.05. The van der Waals surface area contributed by atoms with Crippen molar-refractivity contribution in [2.45, 2.75) is 26.5 Å². The van der Waals surface area contributed by atoms with Gasteiger partial charge in [-0.25, -0.2) is 9.78 Å². The Morgan fingerprint density at radius 3 is 3.06 bits per heavy atom. The van der Waals surface area contributed by atoms with E-state index in [2.05, 4.69) is 10.1 Å². The third-order valence-electron chi connectivity index (χ3n) is 2.24. The van der Waals surface area contributed by atoms with Crippen LogP contribution in [0.2, 0.25) is 0 Å². The molecule has 2 aromatic rings. The lowest BCUT2D eigenvalue weighted by atomic mass is 10.3. The molecule has 0 N–H and O–H groups in total. The SMILES string of the molecule is Cc1ncsc1C(=O)OC(C)Cn1cccn1. The van der Waals surface area contributed by atoms with Crippen molar-refractivity contribution < 1.29 is 9.53 Å². The van der Waals surface area contributed by atoms with Crippen LogP contribution in [-0.2, 0) is 11.3 Å². The zero-order valence-corrected chi connectivity index (χ0v) is 10.5. The molecule has 0 saturated carbocycles. The van der Waals surface area contributed by atoms with E-state index in [-0.39, 0.29) is 12.1 Å². The molecule has 17 heavy (non-hydrogen) atoms. The molecule has 0 aliphatic carbocycles. The number of nitrogens with zero attached hydrogens (tertiary/aromatic N) is 3. The molecule has 0 saturated heterocycles. The average Bonchev–Trinajstić information content (AvgIpc) is 2.88. The first-order valence-electron chi connectivity index (χ1n) is 5.25. The lowest BCUT2D eigenvalue weighted by Crippen LogP contribution is -2.20. The van der Waals surface area contributed by atoms with Gasteiger partial charge in [0.15, 0.2) is 0 Å². The first-order valence-corrected chi connectivity index (χ1v) is 6.13. The van der Waals surface area contributed by atoms with Gasteiger partial charge >= 0.3 is 5.97 Å². The summed E-state index contributed by atoms with van der Waals surface area (Å²) in [6.45, 7) is 4.19. The molecule has 1 unspecified atom stereocenters. The quantitative estimate of drug-likeness (QED) is 0.779. The Balaban J connectivity index is 1.93. The predicted octanol–water partition coefficient (Wildman–Crippen LogP) is 1.89. The van der Waals surface area contributed by atoms with Crippen molar-refractivity contribution in [1.82, 2.24) is 14.8 Å². The molecule has 1 atom stereocenters. The number of hydrogen-bond donors (Lipinski definition) is 0. The van der Waals surface area contributed by atoms with Gasteiger partial charge in [-0.3, -0.25) is 4.68 Å². The Morgan fingerprint density at radius 2 is 2.47 bits per heavy atom. The number of aromatic nitrogens is 3. The van der Waals surface area contributed by atoms with Crippen LogP contribution in [0.15, 0.2) is 24.0 Å². The van der Waals surface area contributed by atoms with Gasteiger partial charge in [-0.05, 0) is 19.9 Å². The van der Waals surface area contributed by atoms with Crippen LogP contribution in [0, 0.1) is 6.92 Å². The highest BCUT2D eigenvalue weighted by molar-refractivity contribution is 7.11. The number of rotatable bonds is 4. The Labute approximate surface area is 103 Å². The van der Waals surface area contributed by atoms with Gasteiger partial charge in [-0.2, -0.15) is 5.10 Å². The summed E-state index contributed by atoms with van der Waals surface area (Å²) in [6.07, 6.45) is 3.31. The molecule has 0 aliphatic rings. The molecule has 0 aliphatic heterocycles. The fraction of sp³-hybridized carbons (Fsp3) is 0.364. The fourth-order valence-corrected chi connectivity index (χ4v) is 2.13. The van der Waals surface area contributed by atoms with E-state index < -0.39 is 0 Å². The molecule has 0 radical (unpaired) electrons. The van der Waals surface area contributed by atoms with Crippen molar-refractivity contribution in [2.75, 3.05) is 0 Å². The monoisotopic (exact) mass is 251 g/mol. The molecule has 2 aromatic heterocycles. The average molecular weight is 251 g/mol. The number of hydrogen-bond acceptors (Lipinski definition) is 5. The van der Waals surface area contributed by atoms with E-state index in [4.69, 9.17) is 4.74 Å². The van der Waals surface area contributed by atoms with Gasteiger partial charge in [0.25, 0.3) is 0 Å². The number of esters is 1. The molecule has 2 rings (SSSR count). The van der Waals surface area contributed by atoms with Gasteiger partial charge in [0, 0.05) is 12.4 Å². The standard InChI is InChI=1S/C11H13N3O2S/c1-8(6-14-5-3-4-13-14)16-11(15)10-9(2)12-7-17-10/h3-5,7-8H,6H2,1-2H3. The molecule has 0 bridgehead atoms. The molecule has 90 valence electrons. The fourth-order valence-electron chi connectivity index (χ4n) is 1.44. The van der Waals surface area contributed by atoms with E-state index in [0.717, 1.165) is 0 Å². The van der Waals surface area contributed by atoms with Crippen molar-refractivity contribution in [3.8, 4) is 0 Å². The summed E-state index contributed by atoms with van der Waals surface area (Å²) >= 11 is 1.30. The van der Waals surface area contributed by atoms with Crippen molar-refractivity contribution in [3.05, 3.63) is 34.5 Å². The Kier molecular flexibility index (Phi) is 3.53. The molecule has 0 amide bonds. The topological polar surface area (TPSA) is 57.0 Å². The molecule has 6 heteroatoms. The largest absolute Gasteiger partial charge is 0.456 e. The van der Waals surface area contributed by atoms with Crippen LogP contribution in [0.3, 0.4) is 0 Å². The van der Waals surface area contributed by atoms with Crippen molar-refractivity contribution >= 4 is 17.3 Å². The zero-order valence-electron chi connectivity index (χ0n) is 9.66. The van der Waals surface area contributed by atoms with Crippen LogP contribution in [0.1, 0.15) is 22.3 Å². The number of carbonyl (C=O) groups excluding carboxylic acids is 1. The Morgan fingerprint density at radius 1 is 1.65 bits per heavy atom. The van der Waals surface area contributed by atoms with Gasteiger partial charge < -0.3 is 4.74 Å². The van der Waals surface area contributed by atoms with E-state index in [1.807, 2.05) is 19.2 Å². The third-order valence-corrected chi connectivity index (χ3v) is 3.15. The second kappa shape index (κ2) is 5.09. The minimum absolute atomic E-state index is 0.219. The summed E-state index contributed by atoms with van der Waals surface area (Å²) in [7, 11) is 0. The van der Waals surface area contributed by atoms with E-state index in [9.17, 15) is 4.79 Å². The smallest absolute Gasteiger partial charge is 0.350 e. The second-order valence-corrected chi connectivity index (χ2v) is 4.57. The van der Waals surface area contributed by atoms with Crippen molar-refractivity contribution in [1.29, 1.82) is 0 Å². The van der Waals surface area contributed by atoms with Crippen LogP contribution in [0.25, 0.3) is 0 Å². The van der Waals surface area contributed by atoms with Gasteiger partial charge in [-0.1, -0.05) is 0 Å². The van der Waals surface area contributed by atoms with Crippen LogP contribution in [-0.4, -0.2) is 26.8 Å². The normalized spacial score (nSPS) is 12.4. The highest BCUT2D eigenvalue weighted by Gasteiger charge is 2.16. The lowest BCUT2D eigenvalue weighted by molar-refractivity contribution is 0.0303. The summed E-state index contributed by atoms with van der Waals surface area (Å²) in [5.41, 5.74) is 2.36. The minimum atomic E-state index is -0.315. The Bertz CT molecular complexity index is 493. The van der Waals surface area contributed by atoms with Gasteiger partial charge in [0.2, 0.25) is 0 Å². The van der Waals surface area contributed by atoms with Gasteiger partial charge in [0.1, 0.15) is 11.0 Å².